The largest absolute Gasteiger partial charge is 0.275 e. The Labute approximate surface area is 119 Å². The smallest absolute Gasteiger partial charge is 0.262 e. The minimum absolute atomic E-state index is 0.106. The highest BCUT2D eigenvalue weighted by molar-refractivity contribution is 7.92. The zero-order chi connectivity index (χ0) is 15.6. The molecule has 1 aromatic heterocycles. The minimum atomic E-state index is -4.07. The molecule has 0 saturated carbocycles. The highest BCUT2D eigenvalue weighted by Gasteiger charge is 2.19. The molecule has 0 fully saturated rings. The van der Waals surface area contributed by atoms with Crippen LogP contribution < -0.4 is 4.72 Å². The second-order valence-electron chi connectivity index (χ2n) is 4.17. The van der Waals surface area contributed by atoms with Crippen LogP contribution in [-0.4, -0.2) is 13.4 Å². The number of benzene rings is 1. The van der Waals surface area contributed by atoms with E-state index in [9.17, 15) is 17.2 Å². The van der Waals surface area contributed by atoms with Crippen LogP contribution in [0.15, 0.2) is 35.2 Å². The standard InChI is InChI=1S/C13H9F2N3O2S/c1-8-6-9(7-16)2-4-11(8)21(19,20)18-10-3-5-12(14)17-13(10)15/h2-6,18H,1H3. The van der Waals surface area contributed by atoms with Gasteiger partial charge in [-0.2, -0.15) is 19.0 Å². The maximum atomic E-state index is 13.4. The van der Waals surface area contributed by atoms with E-state index < -0.39 is 27.6 Å². The highest BCUT2D eigenvalue weighted by atomic mass is 32.2. The summed E-state index contributed by atoms with van der Waals surface area (Å²) in [6.45, 7) is 1.51. The van der Waals surface area contributed by atoms with Crippen molar-refractivity contribution in [2.75, 3.05) is 4.72 Å². The Morgan fingerprint density at radius 1 is 1.24 bits per heavy atom. The van der Waals surface area contributed by atoms with Crippen molar-refractivity contribution in [3.63, 3.8) is 0 Å². The number of nitriles is 1. The molecule has 1 heterocycles. The van der Waals surface area contributed by atoms with Gasteiger partial charge in [0.15, 0.2) is 0 Å². The Morgan fingerprint density at radius 3 is 2.52 bits per heavy atom. The third kappa shape index (κ3) is 3.14. The first-order valence-electron chi connectivity index (χ1n) is 5.69. The van der Waals surface area contributed by atoms with E-state index in [2.05, 4.69) is 4.98 Å². The second kappa shape index (κ2) is 5.46. The van der Waals surface area contributed by atoms with Crippen molar-refractivity contribution in [1.82, 2.24) is 4.98 Å². The van der Waals surface area contributed by atoms with Gasteiger partial charge >= 0.3 is 0 Å². The normalized spacial score (nSPS) is 11.0. The van der Waals surface area contributed by atoms with Gasteiger partial charge in [-0.05, 0) is 42.8 Å². The summed E-state index contributed by atoms with van der Waals surface area (Å²) >= 11 is 0. The molecular weight excluding hydrogens is 300 g/mol. The van der Waals surface area contributed by atoms with Crippen molar-refractivity contribution in [2.45, 2.75) is 11.8 Å². The predicted octanol–water partition coefficient (Wildman–Crippen LogP) is 2.34. The SMILES string of the molecule is Cc1cc(C#N)ccc1S(=O)(=O)Nc1ccc(F)nc1F. The van der Waals surface area contributed by atoms with Gasteiger partial charge < -0.3 is 0 Å². The first kappa shape index (κ1) is 14.9. The van der Waals surface area contributed by atoms with Crippen molar-refractivity contribution >= 4 is 15.7 Å². The second-order valence-corrected chi connectivity index (χ2v) is 5.82. The first-order valence-corrected chi connectivity index (χ1v) is 7.17. The van der Waals surface area contributed by atoms with Gasteiger partial charge in [0, 0.05) is 0 Å². The number of sulfonamides is 1. The number of hydrogen-bond donors (Lipinski definition) is 1. The van der Waals surface area contributed by atoms with Gasteiger partial charge in [-0.25, -0.2) is 8.42 Å². The fraction of sp³-hybridized carbons (Fsp3) is 0.0769. The fourth-order valence-corrected chi connectivity index (χ4v) is 2.99. The topological polar surface area (TPSA) is 82.8 Å². The molecule has 0 amide bonds. The van der Waals surface area contributed by atoms with E-state index >= 15 is 0 Å². The van der Waals surface area contributed by atoms with Crippen LogP contribution in [0.5, 0.6) is 0 Å². The molecule has 0 saturated heterocycles. The summed E-state index contributed by atoms with van der Waals surface area (Å²) < 4.78 is 52.4. The molecule has 21 heavy (non-hydrogen) atoms. The van der Waals surface area contributed by atoms with Crippen LogP contribution >= 0.6 is 0 Å². The number of pyridine rings is 1. The van der Waals surface area contributed by atoms with Gasteiger partial charge in [0.25, 0.3) is 10.0 Å². The van der Waals surface area contributed by atoms with Crippen molar-refractivity contribution in [3.05, 3.63) is 53.4 Å². The van der Waals surface area contributed by atoms with Gasteiger partial charge in [-0.15, -0.1) is 0 Å². The average molecular weight is 309 g/mol. The van der Waals surface area contributed by atoms with Crippen molar-refractivity contribution in [2.24, 2.45) is 0 Å². The number of halogens is 2. The average Bonchev–Trinajstić information content (AvgIpc) is 2.41. The Hall–Kier alpha value is -2.53. The summed E-state index contributed by atoms with van der Waals surface area (Å²) in [5, 5.41) is 8.74. The number of anilines is 1. The maximum absolute atomic E-state index is 13.4. The number of hydrogen-bond acceptors (Lipinski definition) is 4. The van der Waals surface area contributed by atoms with Gasteiger partial charge in [-0.1, -0.05) is 0 Å². The van der Waals surface area contributed by atoms with Crippen LogP contribution in [0, 0.1) is 30.2 Å². The molecular formula is C13H9F2N3O2S. The zero-order valence-electron chi connectivity index (χ0n) is 10.8. The summed E-state index contributed by atoms with van der Waals surface area (Å²) in [5.74, 6) is -2.31. The van der Waals surface area contributed by atoms with Crippen molar-refractivity contribution in [1.29, 1.82) is 5.26 Å². The quantitative estimate of drug-likeness (QED) is 0.882. The van der Waals surface area contributed by atoms with Crippen LogP contribution in [0.4, 0.5) is 14.5 Å². The Balaban J connectivity index is 2.41. The molecule has 0 aliphatic heterocycles. The Bertz CT molecular complexity index is 845. The fourth-order valence-electron chi connectivity index (χ4n) is 1.71. The van der Waals surface area contributed by atoms with Gasteiger partial charge in [-0.3, -0.25) is 4.72 Å². The molecule has 0 atom stereocenters. The number of nitrogens with one attached hydrogen (secondary N) is 1. The molecule has 0 unspecified atom stereocenters. The molecule has 0 radical (unpaired) electrons. The summed E-state index contributed by atoms with van der Waals surface area (Å²) in [7, 11) is -4.07. The third-order valence-electron chi connectivity index (χ3n) is 2.65. The summed E-state index contributed by atoms with van der Waals surface area (Å²) in [6.07, 6.45) is 0. The molecule has 0 bridgehead atoms. The van der Waals surface area contributed by atoms with Crippen LogP contribution in [-0.2, 0) is 10.0 Å². The summed E-state index contributed by atoms with van der Waals surface area (Å²) in [4.78, 5) is 2.79. The number of aryl methyl sites for hydroxylation is 1. The molecule has 1 aromatic carbocycles. The highest BCUT2D eigenvalue weighted by Crippen LogP contribution is 2.21. The van der Waals surface area contributed by atoms with E-state index in [1.807, 2.05) is 10.8 Å². The van der Waals surface area contributed by atoms with Crippen LogP contribution in [0.1, 0.15) is 11.1 Å². The molecule has 0 aliphatic carbocycles. The predicted molar refractivity (Wildman–Crippen MR) is 70.9 cm³/mol. The molecule has 5 nitrogen and oxygen atoms in total. The molecule has 2 aromatic rings. The van der Waals surface area contributed by atoms with Gasteiger partial charge in [0.05, 0.1) is 16.5 Å². The van der Waals surface area contributed by atoms with Gasteiger partial charge in [0.2, 0.25) is 11.9 Å². The molecule has 1 N–H and O–H groups in total. The van der Waals surface area contributed by atoms with E-state index in [-0.39, 0.29) is 4.90 Å². The lowest BCUT2D eigenvalue weighted by Gasteiger charge is -2.10. The lowest BCUT2D eigenvalue weighted by Crippen LogP contribution is -2.16. The monoisotopic (exact) mass is 309 g/mol. The third-order valence-corrected chi connectivity index (χ3v) is 4.18. The molecule has 2 rings (SSSR count). The lowest BCUT2D eigenvalue weighted by atomic mass is 10.2. The number of aromatic nitrogens is 1. The maximum Gasteiger partial charge on any atom is 0.262 e. The van der Waals surface area contributed by atoms with Crippen LogP contribution in [0.3, 0.4) is 0 Å². The van der Waals surface area contributed by atoms with Crippen molar-refractivity contribution < 1.29 is 17.2 Å². The Kier molecular flexibility index (Phi) is 3.86. The number of rotatable bonds is 3. The number of nitrogens with zero attached hydrogens (tertiary/aromatic N) is 2. The van der Waals surface area contributed by atoms with E-state index in [0.717, 1.165) is 12.1 Å². The summed E-state index contributed by atoms with van der Waals surface area (Å²) in [6, 6.07) is 7.64. The summed E-state index contributed by atoms with van der Waals surface area (Å²) in [5.41, 5.74) is 0.179. The van der Waals surface area contributed by atoms with Crippen molar-refractivity contribution in [3.8, 4) is 6.07 Å². The lowest BCUT2D eigenvalue weighted by molar-refractivity contribution is 0.515. The molecule has 108 valence electrons. The first-order chi connectivity index (χ1) is 9.83. The van der Waals surface area contributed by atoms with E-state index in [1.165, 1.54) is 25.1 Å². The minimum Gasteiger partial charge on any atom is -0.275 e. The van der Waals surface area contributed by atoms with Gasteiger partial charge in [0.1, 0.15) is 5.69 Å². The molecule has 0 aliphatic rings. The van der Waals surface area contributed by atoms with E-state index in [0.29, 0.717) is 11.1 Å². The zero-order valence-corrected chi connectivity index (χ0v) is 11.6. The van der Waals surface area contributed by atoms with E-state index in [4.69, 9.17) is 5.26 Å². The molecule has 8 heteroatoms. The van der Waals surface area contributed by atoms with Crippen LogP contribution in [0.25, 0.3) is 0 Å². The van der Waals surface area contributed by atoms with Crippen LogP contribution in [0.2, 0.25) is 0 Å². The van der Waals surface area contributed by atoms with E-state index in [1.54, 1.807) is 0 Å². The Morgan fingerprint density at radius 2 is 1.95 bits per heavy atom. The molecule has 0 spiro atoms.